The third-order valence-electron chi connectivity index (χ3n) is 6.28. The predicted molar refractivity (Wildman–Crippen MR) is 128 cm³/mol. The van der Waals surface area contributed by atoms with Crippen molar-refractivity contribution in [3.8, 4) is 0 Å². The molecule has 1 aliphatic heterocycles. The van der Waals surface area contributed by atoms with E-state index in [-0.39, 0.29) is 17.9 Å². The Morgan fingerprint density at radius 2 is 1.70 bits per heavy atom. The smallest absolute Gasteiger partial charge is 0.317 e. The maximum atomic E-state index is 12.7. The number of carbonyl (C=O) groups is 2. The highest BCUT2D eigenvalue weighted by molar-refractivity contribution is 6.06. The first-order valence-electron chi connectivity index (χ1n) is 11.4. The number of aromatic amines is 1. The molecular formula is C26H31N5O2. The molecule has 1 fully saturated rings. The number of aryl methyl sites for hydroxylation is 1. The van der Waals surface area contributed by atoms with Gasteiger partial charge in [-0.05, 0) is 25.3 Å². The number of carbonyl (C=O) groups excluding carboxylic acids is 2. The molecule has 0 spiro atoms. The van der Waals surface area contributed by atoms with E-state index in [9.17, 15) is 9.59 Å². The van der Waals surface area contributed by atoms with Crippen molar-refractivity contribution in [3.05, 3.63) is 89.0 Å². The lowest BCUT2D eigenvalue weighted by Crippen LogP contribution is -2.49. The minimum atomic E-state index is -0.0919. The van der Waals surface area contributed by atoms with Gasteiger partial charge in [0.25, 0.3) is 0 Å². The van der Waals surface area contributed by atoms with Crippen LogP contribution >= 0.6 is 0 Å². The first-order valence-corrected chi connectivity index (χ1v) is 11.4. The lowest BCUT2D eigenvalue weighted by molar-refractivity contribution is 0.102. The van der Waals surface area contributed by atoms with E-state index in [0.717, 1.165) is 42.9 Å². The number of rotatable bonds is 7. The number of likely N-dealkylation sites (tertiary alicyclic amines) is 1. The lowest BCUT2D eigenvalue weighted by Gasteiger charge is -2.38. The van der Waals surface area contributed by atoms with Gasteiger partial charge < -0.3 is 15.2 Å². The number of hydrogen-bond donors (Lipinski definition) is 2. The van der Waals surface area contributed by atoms with Gasteiger partial charge in [-0.3, -0.25) is 9.69 Å². The molecule has 0 radical (unpaired) electrons. The predicted octanol–water partition coefficient (Wildman–Crippen LogP) is 3.76. The number of H-pyrrole nitrogens is 1. The Labute approximate surface area is 194 Å². The number of aromatic nitrogens is 2. The van der Waals surface area contributed by atoms with Gasteiger partial charge in [0.1, 0.15) is 0 Å². The average molecular weight is 446 g/mol. The van der Waals surface area contributed by atoms with Gasteiger partial charge in [-0.1, -0.05) is 60.7 Å². The van der Waals surface area contributed by atoms with Crippen molar-refractivity contribution >= 4 is 11.8 Å². The van der Waals surface area contributed by atoms with E-state index >= 15 is 0 Å². The van der Waals surface area contributed by atoms with E-state index in [4.69, 9.17) is 0 Å². The Bertz CT molecular complexity index is 1070. The lowest BCUT2D eigenvalue weighted by atomic mass is 10.0. The van der Waals surface area contributed by atoms with Crippen LogP contribution in [0.5, 0.6) is 0 Å². The molecule has 33 heavy (non-hydrogen) atoms. The van der Waals surface area contributed by atoms with Crippen molar-refractivity contribution in [2.75, 3.05) is 20.1 Å². The molecule has 0 atom stereocenters. The fourth-order valence-corrected chi connectivity index (χ4v) is 4.38. The SMILES string of the molecule is CNC(=O)N(Cc1ccccc1)C1CCN(Cc2nc(C(=O)c3ccccc3)[nH]c2C)CC1. The van der Waals surface area contributed by atoms with Gasteiger partial charge >= 0.3 is 6.03 Å². The number of amides is 2. The van der Waals surface area contributed by atoms with Crippen LogP contribution in [-0.4, -0.2) is 57.8 Å². The van der Waals surface area contributed by atoms with Crippen LogP contribution in [0.2, 0.25) is 0 Å². The number of hydrogen-bond acceptors (Lipinski definition) is 4. The van der Waals surface area contributed by atoms with Crippen molar-refractivity contribution < 1.29 is 9.59 Å². The first-order chi connectivity index (χ1) is 16.0. The molecule has 2 aromatic carbocycles. The summed E-state index contributed by atoms with van der Waals surface area (Å²) in [6.45, 7) is 5.01. The number of benzene rings is 2. The van der Waals surface area contributed by atoms with E-state index in [1.807, 2.05) is 48.2 Å². The summed E-state index contributed by atoms with van der Waals surface area (Å²) < 4.78 is 0. The topological polar surface area (TPSA) is 81.3 Å². The van der Waals surface area contributed by atoms with Crippen LogP contribution in [0.25, 0.3) is 0 Å². The van der Waals surface area contributed by atoms with Crippen molar-refractivity contribution in [3.63, 3.8) is 0 Å². The van der Waals surface area contributed by atoms with Gasteiger partial charge in [-0.2, -0.15) is 0 Å². The Morgan fingerprint density at radius 3 is 2.33 bits per heavy atom. The molecule has 0 bridgehead atoms. The highest BCUT2D eigenvalue weighted by atomic mass is 16.2. The van der Waals surface area contributed by atoms with Gasteiger partial charge in [0.15, 0.2) is 5.82 Å². The van der Waals surface area contributed by atoms with E-state index in [1.54, 1.807) is 19.2 Å². The fraction of sp³-hybridized carbons (Fsp3) is 0.346. The molecular weight excluding hydrogens is 414 g/mol. The summed E-state index contributed by atoms with van der Waals surface area (Å²) in [6, 6.07) is 19.5. The van der Waals surface area contributed by atoms with Gasteiger partial charge in [0.2, 0.25) is 5.78 Å². The Balaban J connectivity index is 1.37. The minimum absolute atomic E-state index is 0.0375. The van der Waals surface area contributed by atoms with Crippen LogP contribution in [0.15, 0.2) is 60.7 Å². The van der Waals surface area contributed by atoms with Crippen LogP contribution in [0.1, 0.15) is 46.0 Å². The number of piperidine rings is 1. The third-order valence-corrected chi connectivity index (χ3v) is 6.28. The van der Waals surface area contributed by atoms with Crippen molar-refractivity contribution in [1.29, 1.82) is 0 Å². The number of urea groups is 1. The fourth-order valence-electron chi connectivity index (χ4n) is 4.38. The Kier molecular flexibility index (Phi) is 7.19. The number of imidazole rings is 1. The standard InChI is InChI=1S/C26H31N5O2/c1-19-23(29-25(28-19)24(32)21-11-7-4-8-12-21)18-30-15-13-22(14-16-30)31(26(33)27-2)17-20-9-5-3-6-10-20/h3-12,22H,13-18H2,1-2H3,(H,27,33)(H,28,29). The summed E-state index contributed by atoms with van der Waals surface area (Å²) in [7, 11) is 1.68. The molecule has 0 saturated carbocycles. The number of nitrogens with one attached hydrogen (secondary N) is 2. The zero-order valence-electron chi connectivity index (χ0n) is 19.3. The number of ketones is 1. The zero-order chi connectivity index (χ0) is 23.2. The summed E-state index contributed by atoms with van der Waals surface area (Å²) in [5, 5.41) is 2.80. The molecule has 2 heterocycles. The highest BCUT2D eigenvalue weighted by Crippen LogP contribution is 2.21. The molecule has 2 amide bonds. The van der Waals surface area contributed by atoms with Gasteiger partial charge in [0.05, 0.1) is 5.69 Å². The van der Waals surface area contributed by atoms with E-state index in [2.05, 4.69) is 32.3 Å². The quantitative estimate of drug-likeness (QED) is 0.543. The van der Waals surface area contributed by atoms with Gasteiger partial charge in [0, 0.05) is 50.5 Å². The Morgan fingerprint density at radius 1 is 1.06 bits per heavy atom. The van der Waals surface area contributed by atoms with E-state index < -0.39 is 0 Å². The minimum Gasteiger partial charge on any atom is -0.341 e. The summed E-state index contributed by atoms with van der Waals surface area (Å²) >= 11 is 0. The zero-order valence-corrected chi connectivity index (χ0v) is 19.3. The third kappa shape index (κ3) is 5.49. The summed E-state index contributed by atoms with van der Waals surface area (Å²) in [5.74, 6) is 0.294. The van der Waals surface area contributed by atoms with Crippen LogP contribution in [-0.2, 0) is 13.1 Å². The molecule has 1 aliphatic rings. The molecule has 4 rings (SSSR count). The maximum absolute atomic E-state index is 12.7. The highest BCUT2D eigenvalue weighted by Gasteiger charge is 2.28. The second-order valence-electron chi connectivity index (χ2n) is 8.53. The molecule has 0 aliphatic carbocycles. The molecule has 2 N–H and O–H groups in total. The maximum Gasteiger partial charge on any atom is 0.317 e. The molecule has 7 nitrogen and oxygen atoms in total. The van der Waals surface area contributed by atoms with E-state index in [1.165, 1.54) is 0 Å². The monoisotopic (exact) mass is 445 g/mol. The molecule has 0 unspecified atom stereocenters. The summed E-state index contributed by atoms with van der Waals surface area (Å²) in [5.41, 5.74) is 3.59. The van der Waals surface area contributed by atoms with Crippen LogP contribution in [0.4, 0.5) is 4.79 Å². The molecule has 1 aromatic heterocycles. The average Bonchev–Trinajstić information content (AvgIpc) is 3.23. The second kappa shape index (κ2) is 10.4. The summed E-state index contributed by atoms with van der Waals surface area (Å²) in [4.78, 5) is 37.4. The largest absolute Gasteiger partial charge is 0.341 e. The van der Waals surface area contributed by atoms with Gasteiger partial charge in [-0.15, -0.1) is 0 Å². The van der Waals surface area contributed by atoms with Crippen molar-refractivity contribution in [2.45, 2.75) is 38.9 Å². The van der Waals surface area contributed by atoms with Crippen LogP contribution < -0.4 is 5.32 Å². The van der Waals surface area contributed by atoms with Crippen molar-refractivity contribution in [2.24, 2.45) is 0 Å². The first kappa shape index (κ1) is 22.7. The Hall–Kier alpha value is -3.45. The normalized spacial score (nSPS) is 14.7. The summed E-state index contributed by atoms with van der Waals surface area (Å²) in [6.07, 6.45) is 1.80. The van der Waals surface area contributed by atoms with E-state index in [0.29, 0.717) is 24.5 Å². The molecule has 7 heteroatoms. The molecule has 1 saturated heterocycles. The van der Waals surface area contributed by atoms with Crippen LogP contribution in [0, 0.1) is 6.92 Å². The van der Waals surface area contributed by atoms with Gasteiger partial charge in [-0.25, -0.2) is 9.78 Å². The molecule has 172 valence electrons. The molecule has 3 aromatic rings. The second-order valence-corrected chi connectivity index (χ2v) is 8.53. The van der Waals surface area contributed by atoms with Crippen LogP contribution in [0.3, 0.4) is 0 Å². The number of nitrogens with zero attached hydrogens (tertiary/aromatic N) is 3. The van der Waals surface area contributed by atoms with Crippen molar-refractivity contribution in [1.82, 2.24) is 25.1 Å².